The van der Waals surface area contributed by atoms with Gasteiger partial charge in [0.1, 0.15) is 0 Å². The van der Waals surface area contributed by atoms with Crippen molar-refractivity contribution in [2.24, 2.45) is 16.7 Å². The maximum absolute atomic E-state index is 2.52. The summed E-state index contributed by atoms with van der Waals surface area (Å²) < 4.78 is 0. The lowest BCUT2D eigenvalue weighted by molar-refractivity contribution is 0.472. The SMILES string of the molecule is CC1CC12C=CC1(CC1)C2. The highest BCUT2D eigenvalue weighted by Gasteiger charge is 2.59. The summed E-state index contributed by atoms with van der Waals surface area (Å²) in [4.78, 5) is 0. The molecular weight excluding hydrogens is 120 g/mol. The van der Waals surface area contributed by atoms with Crippen LogP contribution in [0.1, 0.15) is 32.6 Å². The lowest BCUT2D eigenvalue weighted by Crippen LogP contribution is -1.98. The minimum Gasteiger partial charge on any atom is -0.0817 e. The van der Waals surface area contributed by atoms with Crippen molar-refractivity contribution in [3.8, 4) is 0 Å². The molecule has 0 N–H and O–H groups in total. The molecule has 0 aliphatic heterocycles. The average Bonchev–Trinajstić information content (AvgIpc) is 2.68. The molecule has 2 saturated carbocycles. The van der Waals surface area contributed by atoms with Gasteiger partial charge in [-0.3, -0.25) is 0 Å². The van der Waals surface area contributed by atoms with Gasteiger partial charge in [0.2, 0.25) is 0 Å². The Kier molecular flexibility index (Phi) is 0.657. The van der Waals surface area contributed by atoms with Gasteiger partial charge in [-0.25, -0.2) is 0 Å². The molecule has 0 aromatic rings. The molecule has 0 aromatic heterocycles. The maximum atomic E-state index is 2.52. The first-order valence-electron chi connectivity index (χ1n) is 4.45. The quantitative estimate of drug-likeness (QED) is 0.447. The van der Waals surface area contributed by atoms with Crippen molar-refractivity contribution in [3.05, 3.63) is 12.2 Å². The fourth-order valence-corrected chi connectivity index (χ4v) is 2.61. The summed E-state index contributed by atoms with van der Waals surface area (Å²) in [7, 11) is 0. The number of hydrogen-bond donors (Lipinski definition) is 0. The first-order chi connectivity index (χ1) is 4.75. The number of hydrogen-bond acceptors (Lipinski definition) is 0. The van der Waals surface area contributed by atoms with Gasteiger partial charge < -0.3 is 0 Å². The summed E-state index contributed by atoms with van der Waals surface area (Å²) >= 11 is 0. The summed E-state index contributed by atoms with van der Waals surface area (Å²) in [6, 6.07) is 0. The zero-order valence-electron chi connectivity index (χ0n) is 6.56. The van der Waals surface area contributed by atoms with Gasteiger partial charge in [-0.15, -0.1) is 0 Å². The summed E-state index contributed by atoms with van der Waals surface area (Å²) in [6.45, 7) is 2.39. The summed E-state index contributed by atoms with van der Waals surface area (Å²) in [5.41, 5.74) is 1.46. The molecule has 10 heavy (non-hydrogen) atoms. The molecule has 2 spiro atoms. The first-order valence-corrected chi connectivity index (χ1v) is 4.45. The van der Waals surface area contributed by atoms with E-state index in [-0.39, 0.29) is 0 Å². The smallest absolute Gasteiger partial charge is 0.00810 e. The average molecular weight is 134 g/mol. The van der Waals surface area contributed by atoms with Crippen LogP contribution in [0.2, 0.25) is 0 Å². The Morgan fingerprint density at radius 2 is 2.00 bits per heavy atom. The fraction of sp³-hybridized carbons (Fsp3) is 0.800. The van der Waals surface area contributed by atoms with E-state index in [0.717, 1.165) is 16.7 Å². The van der Waals surface area contributed by atoms with Crippen molar-refractivity contribution in [2.75, 3.05) is 0 Å². The molecule has 3 aliphatic rings. The van der Waals surface area contributed by atoms with Crippen LogP contribution >= 0.6 is 0 Å². The number of rotatable bonds is 0. The van der Waals surface area contributed by atoms with Crippen molar-refractivity contribution in [1.82, 2.24) is 0 Å². The molecule has 0 heterocycles. The van der Waals surface area contributed by atoms with E-state index >= 15 is 0 Å². The second kappa shape index (κ2) is 1.22. The van der Waals surface area contributed by atoms with Crippen molar-refractivity contribution in [1.29, 1.82) is 0 Å². The molecule has 54 valence electrons. The topological polar surface area (TPSA) is 0 Å². The third-order valence-corrected chi connectivity index (χ3v) is 3.85. The van der Waals surface area contributed by atoms with Gasteiger partial charge >= 0.3 is 0 Å². The van der Waals surface area contributed by atoms with Crippen LogP contribution < -0.4 is 0 Å². The van der Waals surface area contributed by atoms with Crippen LogP contribution in [0.3, 0.4) is 0 Å². The number of allylic oxidation sites excluding steroid dienone is 2. The van der Waals surface area contributed by atoms with E-state index in [2.05, 4.69) is 19.1 Å². The van der Waals surface area contributed by atoms with E-state index in [0.29, 0.717) is 0 Å². The van der Waals surface area contributed by atoms with Gasteiger partial charge in [0.25, 0.3) is 0 Å². The molecule has 3 rings (SSSR count). The van der Waals surface area contributed by atoms with E-state index in [1.807, 2.05) is 0 Å². The Hall–Kier alpha value is -0.260. The van der Waals surface area contributed by atoms with Crippen LogP contribution in [0.25, 0.3) is 0 Å². The van der Waals surface area contributed by atoms with Gasteiger partial charge in [-0.05, 0) is 42.4 Å². The standard InChI is InChI=1S/C10H14/c1-8-6-10(8)5-4-9(7-10)2-3-9/h4-5,8H,2-3,6-7H2,1H3. The third-order valence-electron chi connectivity index (χ3n) is 3.85. The predicted octanol–water partition coefficient (Wildman–Crippen LogP) is 2.75. The molecular formula is C10H14. The van der Waals surface area contributed by atoms with E-state index < -0.39 is 0 Å². The first kappa shape index (κ1) is 5.40. The van der Waals surface area contributed by atoms with Crippen LogP contribution in [0, 0.1) is 16.7 Å². The van der Waals surface area contributed by atoms with Gasteiger partial charge in [-0.2, -0.15) is 0 Å². The van der Waals surface area contributed by atoms with Gasteiger partial charge in [-0.1, -0.05) is 19.1 Å². The molecule has 0 heteroatoms. The highest BCUT2D eigenvalue weighted by atomic mass is 14.6. The van der Waals surface area contributed by atoms with Crippen LogP contribution in [0.5, 0.6) is 0 Å². The van der Waals surface area contributed by atoms with Crippen molar-refractivity contribution >= 4 is 0 Å². The van der Waals surface area contributed by atoms with Crippen LogP contribution in [0.15, 0.2) is 12.2 Å². The molecule has 0 aromatic carbocycles. The van der Waals surface area contributed by atoms with Crippen molar-refractivity contribution in [3.63, 3.8) is 0 Å². The monoisotopic (exact) mass is 134 g/mol. The molecule has 2 atom stereocenters. The minimum atomic E-state index is 0.719. The molecule has 0 saturated heterocycles. The van der Waals surface area contributed by atoms with Crippen LogP contribution in [0.4, 0.5) is 0 Å². The van der Waals surface area contributed by atoms with Crippen LogP contribution in [-0.2, 0) is 0 Å². The zero-order chi connectivity index (χ0) is 6.82. The van der Waals surface area contributed by atoms with Crippen LogP contribution in [-0.4, -0.2) is 0 Å². The maximum Gasteiger partial charge on any atom is -0.00810 e. The third kappa shape index (κ3) is 0.492. The highest BCUT2D eigenvalue weighted by Crippen LogP contribution is 2.70. The molecule has 0 bridgehead atoms. The van der Waals surface area contributed by atoms with Gasteiger partial charge in [0.15, 0.2) is 0 Å². The Balaban J connectivity index is 1.90. The van der Waals surface area contributed by atoms with E-state index in [1.165, 1.54) is 25.7 Å². The largest absolute Gasteiger partial charge is 0.0817 e. The van der Waals surface area contributed by atoms with Crippen molar-refractivity contribution < 1.29 is 0 Å². The molecule has 2 unspecified atom stereocenters. The normalized spacial score (nSPS) is 52.7. The van der Waals surface area contributed by atoms with Crippen molar-refractivity contribution in [2.45, 2.75) is 32.6 Å². The minimum absolute atomic E-state index is 0.719. The lowest BCUT2D eigenvalue weighted by atomic mass is 9.97. The predicted molar refractivity (Wildman–Crippen MR) is 41.6 cm³/mol. The summed E-state index contributed by atoms with van der Waals surface area (Å²) in [6.07, 6.45) is 11.0. The Labute approximate surface area is 62.3 Å². The molecule has 2 fully saturated rings. The Morgan fingerprint density at radius 3 is 2.30 bits per heavy atom. The van der Waals surface area contributed by atoms with Gasteiger partial charge in [0.05, 0.1) is 0 Å². The summed E-state index contributed by atoms with van der Waals surface area (Å²) in [5, 5.41) is 0. The molecule has 0 nitrogen and oxygen atoms in total. The Morgan fingerprint density at radius 1 is 1.30 bits per heavy atom. The highest BCUT2D eigenvalue weighted by molar-refractivity contribution is 5.28. The molecule has 0 radical (unpaired) electrons. The second-order valence-corrected chi connectivity index (χ2v) is 4.71. The van der Waals surface area contributed by atoms with E-state index in [1.54, 1.807) is 0 Å². The zero-order valence-corrected chi connectivity index (χ0v) is 6.56. The van der Waals surface area contributed by atoms with Gasteiger partial charge in [0, 0.05) is 0 Å². The molecule has 3 aliphatic carbocycles. The Bertz CT molecular complexity index is 210. The fourth-order valence-electron chi connectivity index (χ4n) is 2.61. The molecule has 0 amide bonds. The van der Waals surface area contributed by atoms with E-state index in [9.17, 15) is 0 Å². The lowest BCUT2D eigenvalue weighted by Gasteiger charge is -2.07. The summed E-state index contributed by atoms with van der Waals surface area (Å²) in [5.74, 6) is 1.00. The van der Waals surface area contributed by atoms with E-state index in [4.69, 9.17) is 0 Å². The second-order valence-electron chi connectivity index (χ2n) is 4.71.